The molecule has 1 aromatic rings. The van der Waals surface area contributed by atoms with E-state index in [9.17, 15) is 0 Å². The van der Waals surface area contributed by atoms with Gasteiger partial charge in [-0.3, -0.25) is 0 Å². The summed E-state index contributed by atoms with van der Waals surface area (Å²) >= 11 is 6.04. The summed E-state index contributed by atoms with van der Waals surface area (Å²) < 4.78 is 10.8. The van der Waals surface area contributed by atoms with Crippen molar-refractivity contribution in [2.75, 3.05) is 13.3 Å². The van der Waals surface area contributed by atoms with E-state index in [0.717, 1.165) is 29.9 Å². The summed E-state index contributed by atoms with van der Waals surface area (Å²) in [4.78, 5) is 0. The van der Waals surface area contributed by atoms with E-state index < -0.39 is 0 Å². The molecule has 15 heavy (non-hydrogen) atoms. The monoisotopic (exact) mass is 225 g/mol. The van der Waals surface area contributed by atoms with E-state index in [-0.39, 0.29) is 12.2 Å². The summed E-state index contributed by atoms with van der Waals surface area (Å²) in [7, 11) is 0. The molecule has 0 spiro atoms. The number of hydrogen-bond donors (Lipinski definition) is 1. The lowest BCUT2D eigenvalue weighted by Gasteiger charge is -2.15. The molecule has 0 saturated heterocycles. The zero-order valence-electron chi connectivity index (χ0n) is 8.25. The standard InChI is InChI=1S/C11H12ClNO2/c12-7-3-8(11(5-13)1-2-11)10-9(4-7)14-6-15-10/h3-4H,1-2,5-6,13H2. The van der Waals surface area contributed by atoms with Crippen LogP contribution in [-0.4, -0.2) is 13.3 Å². The molecule has 3 rings (SSSR count). The van der Waals surface area contributed by atoms with Gasteiger partial charge >= 0.3 is 0 Å². The normalized spacial score (nSPS) is 20.4. The molecule has 0 aromatic heterocycles. The maximum atomic E-state index is 6.04. The molecule has 1 aromatic carbocycles. The first kappa shape index (κ1) is 9.31. The Bertz CT molecular complexity index is 415. The molecular weight excluding hydrogens is 214 g/mol. The molecule has 80 valence electrons. The van der Waals surface area contributed by atoms with Gasteiger partial charge in [0.15, 0.2) is 11.5 Å². The van der Waals surface area contributed by atoms with Crippen molar-refractivity contribution in [1.29, 1.82) is 0 Å². The van der Waals surface area contributed by atoms with Crippen LogP contribution in [0.1, 0.15) is 18.4 Å². The van der Waals surface area contributed by atoms with Crippen molar-refractivity contribution >= 4 is 11.6 Å². The molecule has 1 aliphatic heterocycles. The quantitative estimate of drug-likeness (QED) is 0.838. The van der Waals surface area contributed by atoms with Crippen LogP contribution in [-0.2, 0) is 5.41 Å². The van der Waals surface area contributed by atoms with Crippen LogP contribution < -0.4 is 15.2 Å². The molecule has 4 heteroatoms. The van der Waals surface area contributed by atoms with E-state index in [1.165, 1.54) is 0 Å². The van der Waals surface area contributed by atoms with E-state index in [2.05, 4.69) is 0 Å². The van der Waals surface area contributed by atoms with Crippen LogP contribution in [0.4, 0.5) is 0 Å². The Balaban J connectivity index is 2.15. The highest BCUT2D eigenvalue weighted by Crippen LogP contribution is 2.54. The number of fused-ring (bicyclic) bond motifs is 1. The van der Waals surface area contributed by atoms with Gasteiger partial charge in [-0.05, 0) is 18.9 Å². The minimum atomic E-state index is 0.0860. The second-order valence-electron chi connectivity index (χ2n) is 4.17. The first-order valence-electron chi connectivity index (χ1n) is 5.05. The van der Waals surface area contributed by atoms with Crippen molar-refractivity contribution in [2.45, 2.75) is 18.3 Å². The van der Waals surface area contributed by atoms with Crippen molar-refractivity contribution in [3.63, 3.8) is 0 Å². The van der Waals surface area contributed by atoms with Gasteiger partial charge in [-0.1, -0.05) is 11.6 Å². The molecule has 0 unspecified atom stereocenters. The largest absolute Gasteiger partial charge is 0.454 e. The highest BCUT2D eigenvalue weighted by Gasteiger charge is 2.46. The fourth-order valence-electron chi connectivity index (χ4n) is 2.10. The van der Waals surface area contributed by atoms with Gasteiger partial charge in [-0.25, -0.2) is 0 Å². The average Bonchev–Trinajstić information content (AvgIpc) is 2.90. The molecule has 1 fully saturated rings. The smallest absolute Gasteiger partial charge is 0.231 e. The molecule has 0 amide bonds. The summed E-state index contributed by atoms with van der Waals surface area (Å²) in [6.45, 7) is 0.923. The number of halogens is 1. The van der Waals surface area contributed by atoms with Crippen molar-refractivity contribution < 1.29 is 9.47 Å². The Hall–Kier alpha value is -0.930. The third-order valence-electron chi connectivity index (χ3n) is 3.25. The summed E-state index contributed by atoms with van der Waals surface area (Å²) in [5.74, 6) is 1.58. The minimum Gasteiger partial charge on any atom is -0.454 e. The summed E-state index contributed by atoms with van der Waals surface area (Å²) in [5.41, 5.74) is 7.01. The van der Waals surface area contributed by atoms with Crippen LogP contribution in [0.25, 0.3) is 0 Å². The van der Waals surface area contributed by atoms with Crippen LogP contribution >= 0.6 is 11.6 Å². The maximum absolute atomic E-state index is 6.04. The van der Waals surface area contributed by atoms with Gasteiger partial charge in [-0.2, -0.15) is 0 Å². The van der Waals surface area contributed by atoms with Crippen molar-refractivity contribution in [3.8, 4) is 11.5 Å². The van der Waals surface area contributed by atoms with Gasteiger partial charge in [0.05, 0.1) is 0 Å². The molecule has 0 atom stereocenters. The summed E-state index contributed by atoms with van der Waals surface area (Å²) in [6.07, 6.45) is 2.22. The van der Waals surface area contributed by atoms with Gasteiger partial charge in [0.1, 0.15) is 0 Å². The zero-order valence-corrected chi connectivity index (χ0v) is 9.01. The van der Waals surface area contributed by atoms with Gasteiger partial charge < -0.3 is 15.2 Å². The Morgan fingerprint density at radius 2 is 2.13 bits per heavy atom. The predicted octanol–water partition coefficient (Wildman–Crippen LogP) is 2.06. The Labute approximate surface area is 93.1 Å². The number of benzene rings is 1. The maximum Gasteiger partial charge on any atom is 0.231 e. The van der Waals surface area contributed by atoms with Crippen molar-refractivity contribution in [3.05, 3.63) is 22.7 Å². The van der Waals surface area contributed by atoms with Crippen LogP contribution in [0.5, 0.6) is 11.5 Å². The van der Waals surface area contributed by atoms with Crippen LogP contribution in [0, 0.1) is 0 Å². The third kappa shape index (κ3) is 1.30. The zero-order chi connectivity index (χ0) is 10.5. The van der Waals surface area contributed by atoms with E-state index >= 15 is 0 Å². The molecule has 0 radical (unpaired) electrons. The minimum absolute atomic E-state index is 0.0860. The Morgan fingerprint density at radius 3 is 2.80 bits per heavy atom. The Morgan fingerprint density at radius 1 is 1.33 bits per heavy atom. The highest BCUT2D eigenvalue weighted by atomic mass is 35.5. The number of nitrogens with two attached hydrogens (primary N) is 1. The first-order valence-corrected chi connectivity index (χ1v) is 5.43. The molecule has 1 aliphatic carbocycles. The van der Waals surface area contributed by atoms with Gasteiger partial charge in [-0.15, -0.1) is 0 Å². The van der Waals surface area contributed by atoms with Gasteiger partial charge in [0.2, 0.25) is 6.79 Å². The van der Waals surface area contributed by atoms with E-state index in [0.29, 0.717) is 11.6 Å². The van der Waals surface area contributed by atoms with E-state index in [1.54, 1.807) is 6.07 Å². The number of ether oxygens (including phenoxy) is 2. The van der Waals surface area contributed by atoms with Crippen LogP contribution in [0.2, 0.25) is 5.02 Å². The lowest BCUT2D eigenvalue weighted by atomic mass is 9.95. The summed E-state index contributed by atoms with van der Waals surface area (Å²) in [6, 6.07) is 3.74. The SMILES string of the molecule is NCC1(c2cc(Cl)cc3c2OCO3)CC1. The third-order valence-corrected chi connectivity index (χ3v) is 3.47. The van der Waals surface area contributed by atoms with E-state index in [4.69, 9.17) is 26.8 Å². The number of hydrogen-bond acceptors (Lipinski definition) is 3. The molecule has 1 heterocycles. The molecule has 2 N–H and O–H groups in total. The number of rotatable bonds is 2. The lowest BCUT2D eigenvalue weighted by molar-refractivity contribution is 0.173. The van der Waals surface area contributed by atoms with Crippen molar-refractivity contribution in [2.24, 2.45) is 5.73 Å². The second-order valence-corrected chi connectivity index (χ2v) is 4.61. The molecule has 3 nitrogen and oxygen atoms in total. The molecule has 1 saturated carbocycles. The van der Waals surface area contributed by atoms with Gasteiger partial charge in [0.25, 0.3) is 0 Å². The predicted molar refractivity (Wildman–Crippen MR) is 57.5 cm³/mol. The van der Waals surface area contributed by atoms with E-state index in [1.807, 2.05) is 6.07 Å². The average molecular weight is 226 g/mol. The highest BCUT2D eigenvalue weighted by molar-refractivity contribution is 6.30. The molecule has 2 aliphatic rings. The second kappa shape index (κ2) is 3.03. The Kier molecular flexibility index (Phi) is 1.88. The van der Waals surface area contributed by atoms with Gasteiger partial charge in [0, 0.05) is 28.6 Å². The molecule has 0 bridgehead atoms. The van der Waals surface area contributed by atoms with Crippen molar-refractivity contribution in [1.82, 2.24) is 0 Å². The fourth-order valence-corrected chi connectivity index (χ4v) is 2.31. The lowest BCUT2D eigenvalue weighted by Crippen LogP contribution is -2.20. The van der Waals surface area contributed by atoms with Crippen LogP contribution in [0.15, 0.2) is 12.1 Å². The van der Waals surface area contributed by atoms with Crippen LogP contribution in [0.3, 0.4) is 0 Å². The molecular formula is C11H12ClNO2. The first-order chi connectivity index (χ1) is 7.25. The topological polar surface area (TPSA) is 44.5 Å². The fraction of sp³-hybridized carbons (Fsp3) is 0.455. The summed E-state index contributed by atoms with van der Waals surface area (Å²) in [5, 5.41) is 0.689.